The average molecular weight is 599 g/mol. The molecule has 7 nitrogen and oxygen atoms in total. The number of nitrogens with zero attached hydrogens (tertiary/aromatic N) is 1. The van der Waals surface area contributed by atoms with E-state index >= 15 is 0 Å². The summed E-state index contributed by atoms with van der Waals surface area (Å²) in [4.78, 5) is 15.7. The number of halogens is 1. The van der Waals surface area contributed by atoms with E-state index in [0.29, 0.717) is 36.8 Å². The first-order valence-electron chi connectivity index (χ1n) is 14.8. The molecule has 9 heteroatoms. The van der Waals surface area contributed by atoms with Gasteiger partial charge in [0.25, 0.3) is 5.91 Å². The van der Waals surface area contributed by atoms with Crippen molar-refractivity contribution in [2.45, 2.75) is 68.6 Å². The lowest BCUT2D eigenvalue weighted by atomic mass is 9.69. The minimum Gasteiger partial charge on any atom is -0.490 e. The summed E-state index contributed by atoms with van der Waals surface area (Å²) in [6.45, 7) is 3.75. The number of aryl methyl sites for hydroxylation is 1. The Labute approximate surface area is 248 Å². The zero-order chi connectivity index (χ0) is 28.8. The minimum absolute atomic E-state index is 0.169. The van der Waals surface area contributed by atoms with Crippen molar-refractivity contribution in [2.24, 2.45) is 11.8 Å². The zero-order valence-electron chi connectivity index (χ0n) is 23.8. The first-order valence-corrected chi connectivity index (χ1v) is 16.7. The maximum Gasteiger partial charge on any atom is 0.264 e. The van der Waals surface area contributed by atoms with Crippen LogP contribution in [0.25, 0.3) is 0 Å². The molecule has 2 aromatic rings. The van der Waals surface area contributed by atoms with E-state index in [2.05, 4.69) is 33.9 Å². The number of hydrogen-bond acceptors (Lipinski definition) is 6. The molecule has 0 unspecified atom stereocenters. The summed E-state index contributed by atoms with van der Waals surface area (Å²) in [6.07, 6.45) is 10.5. The Morgan fingerprint density at radius 1 is 1.10 bits per heavy atom. The Bertz CT molecular complexity index is 1460. The van der Waals surface area contributed by atoms with Gasteiger partial charge in [-0.3, -0.25) is 4.79 Å². The van der Waals surface area contributed by atoms with Gasteiger partial charge in [0.1, 0.15) is 5.75 Å². The van der Waals surface area contributed by atoms with Gasteiger partial charge in [0.15, 0.2) is 0 Å². The van der Waals surface area contributed by atoms with Crippen LogP contribution in [0.5, 0.6) is 5.75 Å². The summed E-state index contributed by atoms with van der Waals surface area (Å²) in [7, 11) is -2.20. The first kappa shape index (κ1) is 28.6. The minimum atomic E-state index is -3.86. The van der Waals surface area contributed by atoms with E-state index < -0.39 is 21.2 Å². The number of carbonyl (C=O) groups excluding carboxylic acids is 1. The lowest BCUT2D eigenvalue weighted by Gasteiger charge is -2.44. The first-order chi connectivity index (χ1) is 19.7. The van der Waals surface area contributed by atoms with Crippen LogP contribution in [0, 0.1) is 11.8 Å². The number of methoxy groups -OCH3 is 1. The van der Waals surface area contributed by atoms with Gasteiger partial charge in [-0.05, 0) is 105 Å². The predicted molar refractivity (Wildman–Crippen MR) is 161 cm³/mol. The van der Waals surface area contributed by atoms with Gasteiger partial charge in [-0.25, -0.2) is 13.1 Å². The Morgan fingerprint density at radius 2 is 1.95 bits per heavy atom. The normalized spacial score (nSPS) is 32.0. The molecule has 220 valence electrons. The van der Waals surface area contributed by atoms with Crippen LogP contribution in [0.3, 0.4) is 0 Å². The second-order valence-electron chi connectivity index (χ2n) is 12.3. The highest BCUT2D eigenvalue weighted by molar-refractivity contribution is 7.90. The van der Waals surface area contributed by atoms with Gasteiger partial charge < -0.3 is 14.4 Å². The van der Waals surface area contributed by atoms with E-state index in [1.165, 1.54) is 11.1 Å². The second kappa shape index (κ2) is 11.3. The van der Waals surface area contributed by atoms with Crippen molar-refractivity contribution in [2.75, 3.05) is 31.7 Å². The lowest BCUT2D eigenvalue weighted by Crippen LogP contribution is -2.48. The molecule has 2 aromatic carbocycles. The molecule has 2 bridgehead atoms. The number of benzene rings is 2. The Kier molecular flexibility index (Phi) is 7.85. The Morgan fingerprint density at radius 3 is 2.73 bits per heavy atom. The average Bonchev–Trinajstić information content (AvgIpc) is 3.08. The fraction of sp³-hybridized carbons (Fsp3) is 0.531. The van der Waals surface area contributed by atoms with Crippen LogP contribution in [-0.2, 0) is 26.6 Å². The van der Waals surface area contributed by atoms with E-state index in [9.17, 15) is 13.2 Å². The maximum atomic E-state index is 13.3. The highest BCUT2D eigenvalue weighted by Gasteiger charge is 2.43. The summed E-state index contributed by atoms with van der Waals surface area (Å²) in [6, 6.07) is 11.5. The predicted octanol–water partition coefficient (Wildman–Crippen LogP) is 5.65. The van der Waals surface area contributed by atoms with Gasteiger partial charge in [-0.1, -0.05) is 29.8 Å². The molecule has 1 fully saturated rings. The van der Waals surface area contributed by atoms with Gasteiger partial charge in [0.05, 0.1) is 23.6 Å². The molecule has 1 amide bonds. The highest BCUT2D eigenvalue weighted by atomic mass is 35.5. The molecule has 0 aromatic heterocycles. The number of ether oxygens (including phenoxy) is 2. The summed E-state index contributed by atoms with van der Waals surface area (Å²) in [5.41, 5.74) is 3.51. The molecule has 41 heavy (non-hydrogen) atoms. The van der Waals surface area contributed by atoms with Gasteiger partial charge in [0.2, 0.25) is 10.0 Å². The molecule has 0 radical (unpaired) electrons. The molecule has 1 saturated carbocycles. The standard InChI is InChI=1S/C32H39ClN2O5S/c1-21-5-11-27(39-2)12-8-22-6-7-25(22)18-35-19-32(15-3-4-23-16-26(33)10-13-28(23)32)20-40-30-14-9-24(17-29(30)35)31(36)34-41(21,37)38/h8-10,12-14,16-17,21-22,25,27H,3-7,11,15,18-20H2,1-2H3,(H,34,36)/b12-8+/t21-,22+,25+,27-,32+/m1/s1. The van der Waals surface area contributed by atoms with E-state index in [4.69, 9.17) is 21.1 Å². The maximum absolute atomic E-state index is 13.3. The van der Waals surface area contributed by atoms with Crippen molar-refractivity contribution < 1.29 is 22.7 Å². The third-order valence-electron chi connectivity index (χ3n) is 9.73. The van der Waals surface area contributed by atoms with E-state index in [0.717, 1.165) is 61.7 Å². The van der Waals surface area contributed by atoms with E-state index in [1.54, 1.807) is 20.1 Å². The summed E-state index contributed by atoms with van der Waals surface area (Å²) >= 11 is 6.39. The molecule has 4 aliphatic rings. The topological polar surface area (TPSA) is 84.9 Å². The van der Waals surface area contributed by atoms with Crippen molar-refractivity contribution in [3.63, 3.8) is 0 Å². The van der Waals surface area contributed by atoms with Gasteiger partial charge >= 0.3 is 0 Å². The Hall–Kier alpha value is -2.55. The van der Waals surface area contributed by atoms with Crippen LogP contribution < -0.4 is 14.4 Å². The summed E-state index contributed by atoms with van der Waals surface area (Å²) in [5, 5.41) is 0.0178. The SMILES string of the molecule is CO[C@H]1/C=C/[C@@H]2CC[C@H]2CN2C[C@@]3(CCCc4cc(Cl)ccc43)COc3ccc(cc32)C(=O)NS(=O)(=O)[C@H](C)CC1. The van der Waals surface area contributed by atoms with Crippen LogP contribution in [-0.4, -0.2) is 52.5 Å². The number of rotatable bonds is 1. The van der Waals surface area contributed by atoms with Crippen LogP contribution in [0.1, 0.15) is 66.9 Å². The molecule has 2 aliphatic heterocycles. The number of nitrogens with one attached hydrogen (secondary N) is 1. The molecular weight excluding hydrogens is 560 g/mol. The number of amides is 1. The third kappa shape index (κ3) is 5.63. The van der Waals surface area contributed by atoms with Crippen LogP contribution in [0.2, 0.25) is 5.02 Å². The zero-order valence-corrected chi connectivity index (χ0v) is 25.3. The van der Waals surface area contributed by atoms with Gasteiger partial charge in [0, 0.05) is 36.2 Å². The Balaban J connectivity index is 1.41. The number of sulfonamides is 1. The van der Waals surface area contributed by atoms with Crippen molar-refractivity contribution in [3.05, 3.63) is 70.3 Å². The number of hydrogen-bond donors (Lipinski definition) is 1. The number of fused-ring (bicyclic) bond motifs is 4. The molecule has 1 N–H and O–H groups in total. The smallest absolute Gasteiger partial charge is 0.264 e. The number of carbonyl (C=O) groups is 1. The quantitative estimate of drug-likeness (QED) is 0.427. The molecule has 2 heterocycles. The fourth-order valence-corrected chi connectivity index (χ4v) is 8.23. The molecule has 6 rings (SSSR count). The van der Waals surface area contributed by atoms with Gasteiger partial charge in [-0.2, -0.15) is 0 Å². The number of allylic oxidation sites excluding steroid dienone is 1. The fourth-order valence-electron chi connectivity index (χ4n) is 7.02. The molecule has 1 spiro atoms. The van der Waals surface area contributed by atoms with Gasteiger partial charge in [-0.15, -0.1) is 0 Å². The van der Waals surface area contributed by atoms with Crippen molar-refractivity contribution >= 4 is 33.2 Å². The molecule has 5 atom stereocenters. The van der Waals surface area contributed by atoms with Crippen molar-refractivity contribution in [3.8, 4) is 5.75 Å². The molecule has 2 aliphatic carbocycles. The van der Waals surface area contributed by atoms with Crippen molar-refractivity contribution in [1.29, 1.82) is 0 Å². The van der Waals surface area contributed by atoms with Crippen molar-refractivity contribution in [1.82, 2.24) is 4.72 Å². The molecular formula is C32H39ClN2O5S. The highest BCUT2D eigenvalue weighted by Crippen LogP contribution is 2.46. The summed E-state index contributed by atoms with van der Waals surface area (Å²) < 4.78 is 40.7. The monoisotopic (exact) mass is 598 g/mol. The van der Waals surface area contributed by atoms with Crippen LogP contribution in [0.15, 0.2) is 48.6 Å². The third-order valence-corrected chi connectivity index (χ3v) is 11.7. The van der Waals surface area contributed by atoms with E-state index in [1.807, 2.05) is 18.2 Å². The lowest BCUT2D eigenvalue weighted by molar-refractivity contribution is 0.0981. The number of anilines is 1. The molecule has 0 saturated heterocycles. The van der Waals surface area contributed by atoms with E-state index in [-0.39, 0.29) is 11.5 Å². The van der Waals surface area contributed by atoms with Crippen LogP contribution >= 0.6 is 11.6 Å². The largest absolute Gasteiger partial charge is 0.490 e. The summed E-state index contributed by atoms with van der Waals surface area (Å²) in [5.74, 6) is 0.995. The second-order valence-corrected chi connectivity index (χ2v) is 14.8. The van der Waals surface area contributed by atoms with Crippen LogP contribution in [0.4, 0.5) is 5.69 Å².